The molecule has 7 nitrogen and oxygen atoms in total. The zero-order valence-electron chi connectivity index (χ0n) is 13.3. The summed E-state index contributed by atoms with van der Waals surface area (Å²) < 4.78 is 11.1. The number of H-pyrrole nitrogens is 1. The van der Waals surface area contributed by atoms with Crippen LogP contribution in [0, 0.1) is 0 Å². The molecule has 2 aromatic rings. The molecule has 0 bridgehead atoms. The molecule has 0 spiro atoms. The Balaban J connectivity index is 1.53. The number of nitrogens with zero attached hydrogens (tertiary/aromatic N) is 3. The average molecular weight is 351 g/mol. The third kappa shape index (κ3) is 3.68. The van der Waals surface area contributed by atoms with Crippen molar-refractivity contribution in [1.29, 1.82) is 0 Å². The summed E-state index contributed by atoms with van der Waals surface area (Å²) in [6.45, 7) is 1.39. The standard InChI is InChI=1S/C16H19ClN4O3/c1-23-15-10-21(9-11(15)13-8-18-20-19-13)16(22)6-7-24-14-5-3-2-4-12(14)17/h2-5,8,11,15H,6-7,9-10H2,1H3,(H,18,19,20)/t11-,15+/m0/s1. The second kappa shape index (κ2) is 7.63. The number of halogens is 1. The van der Waals surface area contributed by atoms with Gasteiger partial charge in [-0.2, -0.15) is 15.4 Å². The first-order valence-corrected chi connectivity index (χ1v) is 8.10. The van der Waals surface area contributed by atoms with Crippen LogP contribution in [0.15, 0.2) is 30.5 Å². The Morgan fingerprint density at radius 1 is 1.42 bits per heavy atom. The maximum atomic E-state index is 12.4. The van der Waals surface area contributed by atoms with Gasteiger partial charge in [-0.25, -0.2) is 0 Å². The Bertz CT molecular complexity index is 680. The van der Waals surface area contributed by atoms with Gasteiger partial charge in [-0.3, -0.25) is 4.79 Å². The highest BCUT2D eigenvalue weighted by molar-refractivity contribution is 6.32. The van der Waals surface area contributed by atoms with Crippen molar-refractivity contribution < 1.29 is 14.3 Å². The van der Waals surface area contributed by atoms with Crippen molar-refractivity contribution in [3.05, 3.63) is 41.2 Å². The van der Waals surface area contributed by atoms with E-state index in [0.717, 1.165) is 5.69 Å². The number of likely N-dealkylation sites (tertiary alicyclic amines) is 1. The normalized spacial score (nSPS) is 20.3. The van der Waals surface area contributed by atoms with Gasteiger partial charge in [0.2, 0.25) is 5.91 Å². The van der Waals surface area contributed by atoms with Crippen LogP contribution in [0.4, 0.5) is 0 Å². The van der Waals surface area contributed by atoms with Crippen LogP contribution >= 0.6 is 11.6 Å². The van der Waals surface area contributed by atoms with Crippen molar-refractivity contribution in [2.75, 3.05) is 26.8 Å². The van der Waals surface area contributed by atoms with E-state index in [1.807, 2.05) is 12.1 Å². The number of carbonyl (C=O) groups excluding carboxylic acids is 1. The minimum Gasteiger partial charge on any atom is -0.491 e. The summed E-state index contributed by atoms with van der Waals surface area (Å²) in [7, 11) is 1.65. The molecule has 1 aliphatic heterocycles. The Morgan fingerprint density at radius 2 is 2.25 bits per heavy atom. The summed E-state index contributed by atoms with van der Waals surface area (Å²) >= 11 is 6.03. The lowest BCUT2D eigenvalue weighted by Crippen LogP contribution is -2.30. The van der Waals surface area contributed by atoms with E-state index < -0.39 is 0 Å². The van der Waals surface area contributed by atoms with Crippen molar-refractivity contribution in [1.82, 2.24) is 20.3 Å². The van der Waals surface area contributed by atoms with Crippen LogP contribution in [-0.2, 0) is 9.53 Å². The molecular weight excluding hydrogens is 332 g/mol. The van der Waals surface area contributed by atoms with Crippen LogP contribution in [-0.4, -0.2) is 59.1 Å². The molecule has 0 radical (unpaired) electrons. The van der Waals surface area contributed by atoms with Gasteiger partial charge in [-0.15, -0.1) is 0 Å². The fourth-order valence-electron chi connectivity index (χ4n) is 2.86. The third-order valence-electron chi connectivity index (χ3n) is 4.15. The number of hydrogen-bond acceptors (Lipinski definition) is 5. The molecular formula is C16H19ClN4O3. The van der Waals surface area contributed by atoms with Crippen molar-refractivity contribution in [3.8, 4) is 5.75 Å². The van der Waals surface area contributed by atoms with Crippen molar-refractivity contribution in [2.45, 2.75) is 18.4 Å². The number of aromatic nitrogens is 3. The number of nitrogens with one attached hydrogen (secondary N) is 1. The van der Waals surface area contributed by atoms with Gasteiger partial charge in [0.25, 0.3) is 0 Å². The molecule has 1 fully saturated rings. The molecule has 1 aromatic heterocycles. The molecule has 3 rings (SSSR count). The summed E-state index contributed by atoms with van der Waals surface area (Å²) in [6, 6.07) is 7.21. The fourth-order valence-corrected chi connectivity index (χ4v) is 3.05. The molecule has 0 saturated carbocycles. The minimum atomic E-state index is -0.0801. The quantitative estimate of drug-likeness (QED) is 0.860. The number of para-hydroxylation sites is 1. The minimum absolute atomic E-state index is 0.0232. The Hall–Kier alpha value is -2.12. The van der Waals surface area contributed by atoms with Gasteiger partial charge in [-0.1, -0.05) is 23.7 Å². The molecule has 0 aliphatic carbocycles. The smallest absolute Gasteiger partial charge is 0.226 e. The molecule has 2 atom stereocenters. The molecule has 1 aromatic carbocycles. The fraction of sp³-hybridized carbons (Fsp3) is 0.438. The van der Waals surface area contributed by atoms with Gasteiger partial charge in [-0.05, 0) is 12.1 Å². The van der Waals surface area contributed by atoms with E-state index in [4.69, 9.17) is 21.1 Å². The summed E-state index contributed by atoms with van der Waals surface area (Å²) in [5, 5.41) is 11.1. The number of carbonyl (C=O) groups is 1. The topological polar surface area (TPSA) is 80.3 Å². The van der Waals surface area contributed by atoms with Crippen molar-refractivity contribution in [3.63, 3.8) is 0 Å². The predicted octanol–water partition coefficient (Wildman–Crippen LogP) is 1.87. The van der Waals surface area contributed by atoms with E-state index in [-0.39, 0.29) is 31.0 Å². The van der Waals surface area contributed by atoms with Gasteiger partial charge in [0.05, 0.1) is 42.0 Å². The van der Waals surface area contributed by atoms with Gasteiger partial charge < -0.3 is 14.4 Å². The lowest BCUT2D eigenvalue weighted by atomic mass is 10.0. The molecule has 1 aliphatic rings. The molecule has 8 heteroatoms. The first-order chi connectivity index (χ1) is 11.7. The van der Waals surface area contributed by atoms with E-state index in [9.17, 15) is 4.79 Å². The van der Waals surface area contributed by atoms with Crippen LogP contribution in [0.1, 0.15) is 18.0 Å². The molecule has 1 N–H and O–H groups in total. The number of aromatic amines is 1. The highest BCUT2D eigenvalue weighted by Crippen LogP contribution is 2.28. The zero-order chi connectivity index (χ0) is 16.9. The van der Waals surface area contributed by atoms with Crippen LogP contribution < -0.4 is 4.74 Å². The molecule has 128 valence electrons. The SMILES string of the molecule is CO[C@@H]1CN(C(=O)CCOc2ccccc2Cl)C[C@H]1c1cn[nH]n1. The average Bonchev–Trinajstić information content (AvgIpc) is 3.25. The largest absolute Gasteiger partial charge is 0.491 e. The van der Waals surface area contributed by atoms with Crippen LogP contribution in [0.5, 0.6) is 5.75 Å². The van der Waals surface area contributed by atoms with E-state index in [2.05, 4.69) is 15.4 Å². The van der Waals surface area contributed by atoms with Gasteiger partial charge in [0.1, 0.15) is 5.75 Å². The first-order valence-electron chi connectivity index (χ1n) is 7.72. The summed E-state index contributed by atoms with van der Waals surface area (Å²) in [4.78, 5) is 14.2. The molecule has 2 heterocycles. The maximum Gasteiger partial charge on any atom is 0.226 e. The second-order valence-electron chi connectivity index (χ2n) is 5.60. The number of rotatable bonds is 6. The lowest BCUT2D eigenvalue weighted by Gasteiger charge is -2.16. The monoisotopic (exact) mass is 350 g/mol. The number of amides is 1. The first kappa shape index (κ1) is 16.7. The summed E-state index contributed by atoms with van der Waals surface area (Å²) in [5.74, 6) is 0.640. The van der Waals surface area contributed by atoms with Crippen molar-refractivity contribution in [2.24, 2.45) is 0 Å². The van der Waals surface area contributed by atoms with E-state index in [0.29, 0.717) is 23.9 Å². The highest BCUT2D eigenvalue weighted by Gasteiger charge is 2.37. The molecule has 1 amide bonds. The Morgan fingerprint density at radius 3 is 2.96 bits per heavy atom. The third-order valence-corrected chi connectivity index (χ3v) is 4.46. The van der Waals surface area contributed by atoms with Gasteiger partial charge >= 0.3 is 0 Å². The number of benzene rings is 1. The van der Waals surface area contributed by atoms with E-state index in [1.54, 1.807) is 30.3 Å². The molecule has 1 saturated heterocycles. The second-order valence-corrected chi connectivity index (χ2v) is 6.01. The molecule has 24 heavy (non-hydrogen) atoms. The van der Waals surface area contributed by atoms with Gasteiger partial charge in [0, 0.05) is 20.2 Å². The van der Waals surface area contributed by atoms with Crippen LogP contribution in [0.3, 0.4) is 0 Å². The highest BCUT2D eigenvalue weighted by atomic mass is 35.5. The Kier molecular flexibility index (Phi) is 5.32. The summed E-state index contributed by atoms with van der Waals surface area (Å²) in [6.07, 6.45) is 1.88. The van der Waals surface area contributed by atoms with Crippen LogP contribution in [0.25, 0.3) is 0 Å². The maximum absolute atomic E-state index is 12.4. The summed E-state index contributed by atoms with van der Waals surface area (Å²) in [5.41, 5.74) is 0.810. The van der Waals surface area contributed by atoms with Gasteiger partial charge in [0.15, 0.2) is 0 Å². The Labute approximate surface area is 144 Å². The van der Waals surface area contributed by atoms with Crippen molar-refractivity contribution >= 4 is 17.5 Å². The lowest BCUT2D eigenvalue weighted by molar-refractivity contribution is -0.131. The van der Waals surface area contributed by atoms with E-state index in [1.165, 1.54) is 0 Å². The number of hydrogen-bond donors (Lipinski definition) is 1. The van der Waals surface area contributed by atoms with Crippen LogP contribution in [0.2, 0.25) is 5.02 Å². The number of ether oxygens (including phenoxy) is 2. The zero-order valence-corrected chi connectivity index (χ0v) is 14.1. The van der Waals surface area contributed by atoms with E-state index >= 15 is 0 Å². The predicted molar refractivity (Wildman–Crippen MR) is 88.1 cm³/mol. The number of methoxy groups -OCH3 is 1. The molecule has 0 unspecified atom stereocenters.